The molecule has 5 heteroatoms. The summed E-state index contributed by atoms with van der Waals surface area (Å²) in [7, 11) is 3.31. The van der Waals surface area contributed by atoms with E-state index in [0.717, 1.165) is 17.9 Å². The molecule has 2 unspecified atom stereocenters. The van der Waals surface area contributed by atoms with Crippen LogP contribution in [-0.2, 0) is 16.1 Å². The second-order valence-electron chi connectivity index (χ2n) is 6.30. The summed E-state index contributed by atoms with van der Waals surface area (Å²) in [6, 6.07) is 13.8. The summed E-state index contributed by atoms with van der Waals surface area (Å²) < 4.78 is 10.4. The molecule has 0 aliphatic heterocycles. The standard InChI is InChI=1S/C20H24N2O3/c1-24-12-11-22(14-16-5-3-4-10-21-16)20(23)19-13-18(19)15-6-8-17(25-2)9-7-15/h3-10,18-19H,11-14H2,1-2H3. The van der Waals surface area contributed by atoms with Gasteiger partial charge in [0.1, 0.15) is 5.75 Å². The van der Waals surface area contributed by atoms with E-state index in [1.165, 1.54) is 5.56 Å². The number of carbonyl (C=O) groups excluding carboxylic acids is 1. The number of benzene rings is 1. The van der Waals surface area contributed by atoms with E-state index in [9.17, 15) is 4.79 Å². The van der Waals surface area contributed by atoms with Crippen LogP contribution in [0.25, 0.3) is 0 Å². The number of rotatable bonds is 8. The number of nitrogens with zero attached hydrogens (tertiary/aromatic N) is 2. The summed E-state index contributed by atoms with van der Waals surface area (Å²) in [5, 5.41) is 0. The predicted molar refractivity (Wildman–Crippen MR) is 95.4 cm³/mol. The minimum Gasteiger partial charge on any atom is -0.497 e. The van der Waals surface area contributed by atoms with Gasteiger partial charge in [0.25, 0.3) is 0 Å². The van der Waals surface area contributed by atoms with Crippen LogP contribution >= 0.6 is 0 Å². The van der Waals surface area contributed by atoms with Crippen molar-refractivity contribution in [3.05, 3.63) is 59.9 Å². The van der Waals surface area contributed by atoms with Crippen LogP contribution in [0.2, 0.25) is 0 Å². The first kappa shape index (κ1) is 17.4. The van der Waals surface area contributed by atoms with Gasteiger partial charge in [-0.2, -0.15) is 0 Å². The predicted octanol–water partition coefficient (Wildman–Crippen LogP) is 2.87. The van der Waals surface area contributed by atoms with Crippen molar-refractivity contribution in [3.63, 3.8) is 0 Å². The Labute approximate surface area is 148 Å². The van der Waals surface area contributed by atoms with E-state index < -0.39 is 0 Å². The molecule has 2 aromatic rings. The number of pyridine rings is 1. The highest BCUT2D eigenvalue weighted by Crippen LogP contribution is 2.48. The average molecular weight is 340 g/mol. The van der Waals surface area contributed by atoms with E-state index in [4.69, 9.17) is 9.47 Å². The Kier molecular flexibility index (Phi) is 5.66. The molecule has 0 N–H and O–H groups in total. The van der Waals surface area contributed by atoms with E-state index in [1.54, 1.807) is 20.4 Å². The first-order valence-electron chi connectivity index (χ1n) is 8.54. The van der Waals surface area contributed by atoms with Crippen LogP contribution in [-0.4, -0.2) is 43.2 Å². The Balaban J connectivity index is 1.65. The van der Waals surface area contributed by atoms with Crippen molar-refractivity contribution in [3.8, 4) is 5.75 Å². The molecule has 2 atom stereocenters. The largest absolute Gasteiger partial charge is 0.497 e. The van der Waals surface area contributed by atoms with Gasteiger partial charge in [-0.1, -0.05) is 18.2 Å². The van der Waals surface area contributed by atoms with Crippen LogP contribution in [0.4, 0.5) is 0 Å². The van der Waals surface area contributed by atoms with Crippen molar-refractivity contribution in [2.75, 3.05) is 27.4 Å². The van der Waals surface area contributed by atoms with Gasteiger partial charge in [0.2, 0.25) is 5.91 Å². The monoisotopic (exact) mass is 340 g/mol. The molecule has 1 aromatic heterocycles. The fourth-order valence-electron chi connectivity index (χ4n) is 3.08. The van der Waals surface area contributed by atoms with E-state index in [1.807, 2.05) is 35.2 Å². The molecule has 5 nitrogen and oxygen atoms in total. The van der Waals surface area contributed by atoms with Gasteiger partial charge < -0.3 is 14.4 Å². The zero-order chi connectivity index (χ0) is 17.6. The number of amides is 1. The maximum atomic E-state index is 12.9. The molecule has 0 saturated heterocycles. The molecular formula is C20H24N2O3. The lowest BCUT2D eigenvalue weighted by Crippen LogP contribution is -2.35. The van der Waals surface area contributed by atoms with Gasteiger partial charge in [-0.15, -0.1) is 0 Å². The Morgan fingerprint density at radius 3 is 2.64 bits per heavy atom. The van der Waals surface area contributed by atoms with Crippen molar-refractivity contribution in [2.24, 2.45) is 5.92 Å². The average Bonchev–Trinajstić information content (AvgIpc) is 3.46. The fourth-order valence-corrected chi connectivity index (χ4v) is 3.08. The highest BCUT2D eigenvalue weighted by molar-refractivity contribution is 5.83. The molecule has 1 aliphatic rings. The molecule has 1 heterocycles. The van der Waals surface area contributed by atoms with Crippen LogP contribution in [0.15, 0.2) is 48.7 Å². The molecular weight excluding hydrogens is 316 g/mol. The summed E-state index contributed by atoms with van der Waals surface area (Å²) in [5.74, 6) is 1.37. The Morgan fingerprint density at radius 2 is 2.00 bits per heavy atom. The lowest BCUT2D eigenvalue weighted by Gasteiger charge is -2.22. The zero-order valence-corrected chi connectivity index (χ0v) is 14.7. The Hall–Kier alpha value is -2.40. The summed E-state index contributed by atoms with van der Waals surface area (Å²) >= 11 is 0. The normalized spacial score (nSPS) is 18.6. The highest BCUT2D eigenvalue weighted by Gasteiger charge is 2.45. The number of hydrogen-bond acceptors (Lipinski definition) is 4. The molecule has 132 valence electrons. The van der Waals surface area contributed by atoms with Crippen LogP contribution < -0.4 is 4.74 Å². The first-order valence-corrected chi connectivity index (χ1v) is 8.54. The van der Waals surface area contributed by atoms with Gasteiger partial charge in [-0.05, 0) is 42.2 Å². The third-order valence-corrected chi connectivity index (χ3v) is 4.61. The molecule has 1 aromatic carbocycles. The maximum absolute atomic E-state index is 12.9. The Morgan fingerprint density at radius 1 is 1.20 bits per heavy atom. The zero-order valence-electron chi connectivity index (χ0n) is 14.7. The van der Waals surface area contributed by atoms with Crippen LogP contribution in [0.5, 0.6) is 5.75 Å². The van der Waals surface area contributed by atoms with Crippen LogP contribution in [0, 0.1) is 5.92 Å². The van der Waals surface area contributed by atoms with Gasteiger partial charge in [-0.3, -0.25) is 9.78 Å². The molecule has 0 radical (unpaired) electrons. The SMILES string of the molecule is COCCN(Cc1ccccn1)C(=O)C1CC1c1ccc(OC)cc1. The van der Waals surface area contributed by atoms with Gasteiger partial charge in [0.05, 0.1) is 26.0 Å². The minimum atomic E-state index is 0.0500. The number of methoxy groups -OCH3 is 2. The van der Waals surface area contributed by atoms with E-state index in [-0.39, 0.29) is 11.8 Å². The van der Waals surface area contributed by atoms with Crippen molar-refractivity contribution < 1.29 is 14.3 Å². The minimum absolute atomic E-state index is 0.0500. The van der Waals surface area contributed by atoms with Crippen molar-refractivity contribution in [1.29, 1.82) is 0 Å². The molecule has 1 fully saturated rings. The Bertz CT molecular complexity index is 688. The maximum Gasteiger partial charge on any atom is 0.226 e. The lowest BCUT2D eigenvalue weighted by molar-refractivity contribution is -0.134. The topological polar surface area (TPSA) is 51.7 Å². The molecule has 3 rings (SSSR count). The summed E-state index contributed by atoms with van der Waals surface area (Å²) in [6.45, 7) is 1.63. The molecule has 1 aliphatic carbocycles. The fraction of sp³-hybridized carbons (Fsp3) is 0.400. The summed E-state index contributed by atoms with van der Waals surface area (Å²) in [5.41, 5.74) is 2.09. The second-order valence-corrected chi connectivity index (χ2v) is 6.30. The highest BCUT2D eigenvalue weighted by atomic mass is 16.5. The van der Waals surface area contributed by atoms with Crippen molar-refractivity contribution >= 4 is 5.91 Å². The molecule has 0 spiro atoms. The smallest absolute Gasteiger partial charge is 0.226 e. The van der Waals surface area contributed by atoms with Crippen LogP contribution in [0.3, 0.4) is 0 Å². The summed E-state index contributed by atoms with van der Waals surface area (Å²) in [6.07, 6.45) is 2.66. The van der Waals surface area contributed by atoms with E-state index in [2.05, 4.69) is 17.1 Å². The van der Waals surface area contributed by atoms with E-state index in [0.29, 0.717) is 25.6 Å². The van der Waals surface area contributed by atoms with Gasteiger partial charge in [-0.25, -0.2) is 0 Å². The molecule has 1 saturated carbocycles. The quantitative estimate of drug-likeness (QED) is 0.741. The van der Waals surface area contributed by atoms with Crippen LogP contribution in [0.1, 0.15) is 23.6 Å². The third kappa shape index (κ3) is 4.37. The van der Waals surface area contributed by atoms with Crippen molar-refractivity contribution in [1.82, 2.24) is 9.88 Å². The number of ether oxygens (including phenoxy) is 2. The van der Waals surface area contributed by atoms with E-state index >= 15 is 0 Å². The number of carbonyl (C=O) groups is 1. The van der Waals surface area contributed by atoms with Crippen molar-refractivity contribution in [2.45, 2.75) is 18.9 Å². The number of aromatic nitrogens is 1. The first-order chi connectivity index (χ1) is 12.2. The molecule has 25 heavy (non-hydrogen) atoms. The molecule has 1 amide bonds. The summed E-state index contributed by atoms with van der Waals surface area (Å²) in [4.78, 5) is 19.1. The lowest BCUT2D eigenvalue weighted by atomic mass is 10.1. The third-order valence-electron chi connectivity index (χ3n) is 4.61. The van der Waals surface area contributed by atoms with Gasteiger partial charge in [0, 0.05) is 25.8 Å². The molecule has 0 bridgehead atoms. The number of hydrogen-bond donors (Lipinski definition) is 0. The second kappa shape index (κ2) is 8.12. The van der Waals surface area contributed by atoms with Gasteiger partial charge >= 0.3 is 0 Å². The van der Waals surface area contributed by atoms with Gasteiger partial charge in [0.15, 0.2) is 0 Å².